The van der Waals surface area contributed by atoms with Crippen LogP contribution in [-0.4, -0.2) is 32.4 Å². The summed E-state index contributed by atoms with van der Waals surface area (Å²) in [6, 6.07) is 9.50. The Morgan fingerprint density at radius 3 is 2.73 bits per heavy atom. The number of phenolic OH excluding ortho intramolecular Hbond substituents is 1. The van der Waals surface area contributed by atoms with Gasteiger partial charge in [0, 0.05) is 10.6 Å². The second-order valence-corrected chi connectivity index (χ2v) is 8.33. The molecule has 2 aromatic carbocycles. The molecule has 3 aromatic rings. The number of ether oxygens (including phenoxy) is 2. The zero-order chi connectivity index (χ0) is 23.9. The number of hydrogen-bond acceptors (Lipinski definition) is 6. The van der Waals surface area contributed by atoms with Gasteiger partial charge in [-0.2, -0.15) is 8.78 Å². The number of hydrogen-bond donors (Lipinski definition) is 1. The van der Waals surface area contributed by atoms with Crippen molar-refractivity contribution in [1.29, 1.82) is 0 Å². The van der Waals surface area contributed by atoms with E-state index in [-0.39, 0.29) is 30.3 Å². The molecular weight excluding hydrogens is 479 g/mol. The van der Waals surface area contributed by atoms with E-state index < -0.39 is 29.4 Å². The van der Waals surface area contributed by atoms with Gasteiger partial charge in [-0.05, 0) is 60.8 Å². The topological polar surface area (TPSA) is 86.5 Å². The molecule has 11 heteroatoms. The molecule has 0 amide bonds. The average Bonchev–Trinajstić information content (AvgIpc) is 3.14. The number of aromatic hydroxyl groups is 1. The van der Waals surface area contributed by atoms with Gasteiger partial charge in [0.25, 0.3) is 0 Å². The second-order valence-electron chi connectivity index (χ2n) is 7.42. The van der Waals surface area contributed by atoms with Crippen LogP contribution >= 0.6 is 23.2 Å². The van der Waals surface area contributed by atoms with Crippen LogP contribution in [0.4, 0.5) is 8.78 Å². The Hall–Kier alpha value is -2.75. The number of esters is 1. The Morgan fingerprint density at radius 2 is 2.03 bits per heavy atom. The Labute approximate surface area is 197 Å². The Kier molecular flexibility index (Phi) is 6.30. The van der Waals surface area contributed by atoms with Gasteiger partial charge in [0.15, 0.2) is 5.82 Å². The lowest BCUT2D eigenvalue weighted by Crippen LogP contribution is -2.18. The van der Waals surface area contributed by atoms with Gasteiger partial charge in [0.05, 0.1) is 18.7 Å². The molecule has 2 heterocycles. The summed E-state index contributed by atoms with van der Waals surface area (Å²) in [6.07, 6.45) is -2.30. The van der Waals surface area contributed by atoms with Crippen molar-refractivity contribution in [3.05, 3.63) is 69.8 Å². The predicted octanol–water partition coefficient (Wildman–Crippen LogP) is 5.34. The van der Waals surface area contributed by atoms with Crippen LogP contribution in [0.1, 0.15) is 53.9 Å². The normalized spacial score (nSPS) is 17.8. The van der Waals surface area contributed by atoms with Gasteiger partial charge < -0.3 is 14.6 Å². The van der Waals surface area contributed by atoms with Crippen LogP contribution in [-0.2, 0) is 19.6 Å². The molecule has 0 spiro atoms. The zero-order valence-electron chi connectivity index (χ0n) is 17.6. The third kappa shape index (κ3) is 4.40. The largest absolute Gasteiger partial charge is 0.508 e. The fourth-order valence-electron chi connectivity index (χ4n) is 3.84. The maximum Gasteiger partial charge on any atom is 0.382 e. The maximum atomic E-state index is 14.3. The van der Waals surface area contributed by atoms with Crippen LogP contribution in [0.15, 0.2) is 36.4 Å². The Balaban J connectivity index is 1.99. The van der Waals surface area contributed by atoms with Crippen molar-refractivity contribution in [2.45, 2.75) is 37.9 Å². The molecular formula is C22H19Cl2F2N3O4. The third-order valence-corrected chi connectivity index (χ3v) is 5.73. The van der Waals surface area contributed by atoms with Gasteiger partial charge in [0.1, 0.15) is 18.0 Å². The summed E-state index contributed by atoms with van der Waals surface area (Å²) in [5.41, 5.74) is 1.74. The summed E-state index contributed by atoms with van der Waals surface area (Å²) >= 11 is 11.6. The minimum atomic E-state index is -3.85. The number of carbonyl (C=O) groups excluding carboxylic acids is 1. The van der Waals surface area contributed by atoms with Crippen LogP contribution < -0.4 is 0 Å². The van der Waals surface area contributed by atoms with Gasteiger partial charge in [-0.25, -0.2) is 0 Å². The molecule has 0 fully saturated rings. The van der Waals surface area contributed by atoms with Crippen molar-refractivity contribution < 1.29 is 28.2 Å². The van der Waals surface area contributed by atoms with Gasteiger partial charge in [-0.3, -0.25) is 9.36 Å². The van der Waals surface area contributed by atoms with E-state index in [9.17, 15) is 18.7 Å². The molecule has 0 radical (unpaired) electrons. The SMILES string of the molecule is CCOC(=O)C[C@H]1O[C@H](c2cccc(O)c2C)c2cc(Cl)ccc2-n2c1nnc2C(F)(F)Cl. The maximum absolute atomic E-state index is 14.3. The number of rotatable bonds is 5. The van der Waals surface area contributed by atoms with Crippen molar-refractivity contribution in [3.8, 4) is 11.4 Å². The number of aromatic nitrogens is 3. The lowest BCUT2D eigenvalue weighted by molar-refractivity contribution is -0.147. The summed E-state index contributed by atoms with van der Waals surface area (Å²) < 4.78 is 41.0. The number of halogens is 4. The second kappa shape index (κ2) is 8.89. The molecule has 4 rings (SSSR count). The van der Waals surface area contributed by atoms with Crippen molar-refractivity contribution in [1.82, 2.24) is 14.8 Å². The average molecular weight is 498 g/mol. The lowest BCUT2D eigenvalue weighted by atomic mass is 9.95. The summed E-state index contributed by atoms with van der Waals surface area (Å²) in [4.78, 5) is 12.3. The van der Waals surface area contributed by atoms with Crippen LogP contribution in [0.3, 0.4) is 0 Å². The van der Waals surface area contributed by atoms with E-state index >= 15 is 0 Å². The number of fused-ring (bicyclic) bond motifs is 3. The molecule has 1 N–H and O–H groups in total. The first-order chi connectivity index (χ1) is 15.6. The molecule has 0 unspecified atom stereocenters. The van der Waals surface area contributed by atoms with Gasteiger partial charge in [-0.1, -0.05) is 23.7 Å². The molecule has 1 aromatic heterocycles. The molecule has 7 nitrogen and oxygen atoms in total. The van der Waals surface area contributed by atoms with E-state index in [0.29, 0.717) is 21.7 Å². The van der Waals surface area contributed by atoms with Gasteiger partial charge in [0.2, 0.25) is 5.82 Å². The molecule has 0 saturated heterocycles. The molecule has 0 saturated carbocycles. The first-order valence-corrected chi connectivity index (χ1v) is 10.8. The van der Waals surface area contributed by atoms with E-state index in [0.717, 1.165) is 4.57 Å². The number of alkyl halides is 3. The summed E-state index contributed by atoms with van der Waals surface area (Å²) in [6.45, 7) is 3.48. The highest BCUT2D eigenvalue weighted by Gasteiger charge is 2.42. The monoisotopic (exact) mass is 497 g/mol. The molecule has 1 aliphatic rings. The van der Waals surface area contributed by atoms with Crippen molar-refractivity contribution >= 4 is 29.2 Å². The standard InChI is InChI=1S/C22H19Cl2F2N3O4/c1-3-32-18(31)10-17-20-27-28-21(22(24,25)26)29(20)15-8-7-12(23)9-14(15)19(33-17)13-5-4-6-16(30)11(13)2/h4-9,17,19,30H,3,10H2,1-2H3/t17-,19-/m1/s1. The molecule has 1 aliphatic heterocycles. The first-order valence-electron chi connectivity index (χ1n) is 10.0. The summed E-state index contributed by atoms with van der Waals surface area (Å²) in [5.74, 6) is -1.44. The smallest absolute Gasteiger partial charge is 0.382 e. The Bertz CT molecular complexity index is 1210. The lowest BCUT2D eigenvalue weighted by Gasteiger charge is -2.24. The highest BCUT2D eigenvalue weighted by molar-refractivity contribution is 6.30. The van der Waals surface area contributed by atoms with E-state index in [1.807, 2.05) is 0 Å². The van der Waals surface area contributed by atoms with Crippen LogP contribution in [0.25, 0.3) is 5.69 Å². The van der Waals surface area contributed by atoms with Crippen molar-refractivity contribution in [3.63, 3.8) is 0 Å². The molecule has 174 valence electrons. The van der Waals surface area contributed by atoms with Crippen molar-refractivity contribution in [2.75, 3.05) is 6.61 Å². The molecule has 2 atom stereocenters. The van der Waals surface area contributed by atoms with E-state index in [1.54, 1.807) is 32.0 Å². The van der Waals surface area contributed by atoms with E-state index in [1.165, 1.54) is 18.2 Å². The third-order valence-electron chi connectivity index (χ3n) is 5.33. The molecule has 0 aliphatic carbocycles. The highest BCUT2D eigenvalue weighted by Crippen LogP contribution is 2.45. The summed E-state index contributed by atoms with van der Waals surface area (Å²) in [5, 5.41) is 14.2. The Morgan fingerprint density at radius 1 is 1.27 bits per heavy atom. The number of carbonyl (C=O) groups is 1. The minimum Gasteiger partial charge on any atom is -0.508 e. The fraction of sp³-hybridized carbons (Fsp3) is 0.318. The number of phenols is 1. The molecule has 33 heavy (non-hydrogen) atoms. The van der Waals surface area contributed by atoms with Crippen LogP contribution in [0.2, 0.25) is 5.02 Å². The highest BCUT2D eigenvalue weighted by atomic mass is 35.5. The number of nitrogens with zero attached hydrogens (tertiary/aromatic N) is 3. The number of benzene rings is 2. The fourth-order valence-corrected chi connectivity index (χ4v) is 4.14. The quantitative estimate of drug-likeness (QED) is 0.378. The van der Waals surface area contributed by atoms with Crippen LogP contribution in [0, 0.1) is 6.92 Å². The first kappa shape index (κ1) is 23.4. The van der Waals surface area contributed by atoms with E-state index in [2.05, 4.69) is 10.2 Å². The summed E-state index contributed by atoms with van der Waals surface area (Å²) in [7, 11) is 0. The van der Waals surface area contributed by atoms with E-state index in [4.69, 9.17) is 32.7 Å². The van der Waals surface area contributed by atoms with Crippen molar-refractivity contribution in [2.24, 2.45) is 0 Å². The van der Waals surface area contributed by atoms with Gasteiger partial charge in [-0.15, -0.1) is 10.2 Å². The zero-order valence-corrected chi connectivity index (χ0v) is 19.1. The minimum absolute atomic E-state index is 0.0262. The predicted molar refractivity (Wildman–Crippen MR) is 116 cm³/mol. The molecule has 0 bridgehead atoms. The van der Waals surface area contributed by atoms with Gasteiger partial charge >= 0.3 is 11.4 Å². The van der Waals surface area contributed by atoms with Crippen LogP contribution in [0.5, 0.6) is 5.75 Å².